The molecule has 2 heterocycles. The van der Waals surface area contributed by atoms with Crippen molar-refractivity contribution in [3.05, 3.63) is 47.9 Å². The van der Waals surface area contributed by atoms with E-state index in [4.69, 9.17) is 11.1 Å². The van der Waals surface area contributed by atoms with Gasteiger partial charge in [-0.15, -0.1) is 0 Å². The highest BCUT2D eigenvalue weighted by Crippen LogP contribution is 2.24. The van der Waals surface area contributed by atoms with Crippen LogP contribution in [0.2, 0.25) is 0 Å². The van der Waals surface area contributed by atoms with Crippen LogP contribution in [0, 0.1) is 12.3 Å². The van der Waals surface area contributed by atoms with Crippen molar-refractivity contribution < 1.29 is 0 Å². The first-order valence-corrected chi connectivity index (χ1v) is 6.42. The second-order valence-corrected chi connectivity index (χ2v) is 4.75. The minimum absolute atomic E-state index is 0.0436. The van der Waals surface area contributed by atoms with Crippen LogP contribution < -0.4 is 10.6 Å². The van der Waals surface area contributed by atoms with Crippen molar-refractivity contribution >= 4 is 23.1 Å². The number of nitrogens with zero attached hydrogens (tertiary/aromatic N) is 5. The van der Waals surface area contributed by atoms with Crippen LogP contribution in [0.1, 0.15) is 11.3 Å². The van der Waals surface area contributed by atoms with E-state index in [1.807, 2.05) is 49.2 Å². The molecule has 0 unspecified atom stereocenters. The number of benzene rings is 1. The molecule has 7 heteroatoms. The first-order valence-electron chi connectivity index (χ1n) is 6.42. The summed E-state index contributed by atoms with van der Waals surface area (Å²) in [4.78, 5) is 10.4. The summed E-state index contributed by atoms with van der Waals surface area (Å²) in [6.45, 7) is 1.91. The molecule has 21 heavy (non-hydrogen) atoms. The number of hydrogen-bond donors (Lipinski definition) is 2. The van der Waals surface area contributed by atoms with E-state index in [2.05, 4.69) is 15.1 Å². The molecule has 3 N–H and O–H groups in total. The second-order valence-electron chi connectivity index (χ2n) is 4.75. The highest BCUT2D eigenvalue weighted by atomic mass is 15.4. The van der Waals surface area contributed by atoms with Crippen LogP contribution in [0.4, 0.5) is 11.5 Å². The number of fused-ring (bicyclic) bond motifs is 1. The first-order chi connectivity index (χ1) is 10.1. The van der Waals surface area contributed by atoms with Crippen molar-refractivity contribution in [2.45, 2.75) is 6.92 Å². The van der Waals surface area contributed by atoms with Crippen molar-refractivity contribution in [3.8, 4) is 0 Å². The summed E-state index contributed by atoms with van der Waals surface area (Å²) in [6, 6.07) is 9.42. The number of nitrogens with one attached hydrogen (secondary N) is 1. The van der Waals surface area contributed by atoms with E-state index in [9.17, 15) is 0 Å². The van der Waals surface area contributed by atoms with Gasteiger partial charge in [-0.2, -0.15) is 14.6 Å². The number of aromatic nitrogens is 4. The maximum atomic E-state index is 7.54. The molecule has 2 aromatic heterocycles. The van der Waals surface area contributed by atoms with Gasteiger partial charge in [0.05, 0.1) is 0 Å². The Morgan fingerprint density at radius 1 is 1.33 bits per heavy atom. The maximum Gasteiger partial charge on any atom is 0.254 e. The lowest BCUT2D eigenvalue weighted by molar-refractivity contribution is 0.903. The Morgan fingerprint density at radius 2 is 2.14 bits per heavy atom. The van der Waals surface area contributed by atoms with Gasteiger partial charge in [-0.05, 0) is 19.1 Å². The fraction of sp³-hybridized carbons (Fsp3) is 0.143. The summed E-state index contributed by atoms with van der Waals surface area (Å²) in [5, 5.41) is 11.7. The van der Waals surface area contributed by atoms with Crippen molar-refractivity contribution in [1.29, 1.82) is 5.41 Å². The zero-order chi connectivity index (χ0) is 15.0. The van der Waals surface area contributed by atoms with Gasteiger partial charge in [-0.1, -0.05) is 12.1 Å². The molecule has 0 fully saturated rings. The molecule has 0 aliphatic carbocycles. The van der Waals surface area contributed by atoms with Gasteiger partial charge in [0.2, 0.25) is 0 Å². The summed E-state index contributed by atoms with van der Waals surface area (Å²) in [7, 11) is 1.93. The Bertz CT molecular complexity index is 821. The number of amidine groups is 1. The molecule has 3 aromatic rings. The fourth-order valence-corrected chi connectivity index (χ4v) is 2.16. The van der Waals surface area contributed by atoms with Crippen LogP contribution in [0.25, 0.3) is 5.78 Å². The van der Waals surface area contributed by atoms with Gasteiger partial charge in [0, 0.05) is 30.1 Å². The number of aryl methyl sites for hydroxylation is 1. The molecule has 0 saturated carbocycles. The summed E-state index contributed by atoms with van der Waals surface area (Å²) in [6.07, 6.45) is 1.48. The molecule has 7 nitrogen and oxygen atoms in total. The smallest absolute Gasteiger partial charge is 0.254 e. The van der Waals surface area contributed by atoms with Crippen molar-refractivity contribution in [2.24, 2.45) is 5.73 Å². The average molecular weight is 281 g/mol. The van der Waals surface area contributed by atoms with E-state index in [-0.39, 0.29) is 5.84 Å². The zero-order valence-electron chi connectivity index (χ0n) is 11.8. The Balaban J connectivity index is 2.12. The van der Waals surface area contributed by atoms with Gasteiger partial charge >= 0.3 is 0 Å². The molecule has 0 aliphatic heterocycles. The zero-order valence-corrected chi connectivity index (χ0v) is 11.8. The van der Waals surface area contributed by atoms with Crippen LogP contribution in [-0.2, 0) is 0 Å². The third-order valence-corrected chi connectivity index (χ3v) is 3.25. The minimum Gasteiger partial charge on any atom is -0.384 e. The highest BCUT2D eigenvalue weighted by Gasteiger charge is 2.12. The van der Waals surface area contributed by atoms with E-state index >= 15 is 0 Å². The summed E-state index contributed by atoms with van der Waals surface area (Å²) >= 11 is 0. The van der Waals surface area contributed by atoms with Crippen LogP contribution in [0.5, 0.6) is 0 Å². The molecule has 0 saturated heterocycles. The number of hydrogen-bond acceptors (Lipinski definition) is 5. The third kappa shape index (κ3) is 2.29. The Morgan fingerprint density at radius 3 is 2.90 bits per heavy atom. The standard InChI is InChI=1S/C14H15N7/c1-9-6-12(21-14(19-9)17-8-18-21)20(2)11-5-3-4-10(7-11)13(15)16/h3-8H,1-2H3,(H3,15,16). The maximum absolute atomic E-state index is 7.54. The molecule has 0 amide bonds. The van der Waals surface area contributed by atoms with Gasteiger partial charge in [0.25, 0.3) is 5.78 Å². The van der Waals surface area contributed by atoms with Gasteiger partial charge < -0.3 is 10.6 Å². The second kappa shape index (κ2) is 4.86. The molecule has 3 rings (SSSR count). The quantitative estimate of drug-likeness (QED) is 0.560. The summed E-state index contributed by atoms with van der Waals surface area (Å²) in [5.41, 5.74) is 8.00. The predicted octanol–water partition coefficient (Wildman–Crippen LogP) is 1.48. The minimum atomic E-state index is 0.0436. The Hall–Kier alpha value is -2.96. The van der Waals surface area contributed by atoms with E-state index in [0.717, 1.165) is 17.2 Å². The van der Waals surface area contributed by atoms with Gasteiger partial charge in [-0.25, -0.2) is 4.98 Å². The summed E-state index contributed by atoms with van der Waals surface area (Å²) in [5.74, 6) is 1.44. The fourth-order valence-electron chi connectivity index (χ4n) is 2.16. The Labute approximate surface area is 121 Å². The lowest BCUT2D eigenvalue weighted by Gasteiger charge is -2.20. The Kier molecular flexibility index (Phi) is 3.02. The lowest BCUT2D eigenvalue weighted by atomic mass is 10.2. The average Bonchev–Trinajstić information content (AvgIpc) is 2.93. The topological polar surface area (TPSA) is 96.2 Å². The van der Waals surface area contributed by atoms with Crippen molar-refractivity contribution in [2.75, 3.05) is 11.9 Å². The van der Waals surface area contributed by atoms with E-state index in [0.29, 0.717) is 11.3 Å². The molecular weight excluding hydrogens is 266 g/mol. The number of nitrogens with two attached hydrogens (primary N) is 1. The molecular formula is C14H15N7. The van der Waals surface area contributed by atoms with Gasteiger partial charge in [0.1, 0.15) is 18.0 Å². The number of anilines is 2. The van der Waals surface area contributed by atoms with Gasteiger partial charge in [0.15, 0.2) is 0 Å². The molecule has 1 aromatic carbocycles. The summed E-state index contributed by atoms with van der Waals surface area (Å²) < 4.78 is 1.67. The van der Waals surface area contributed by atoms with E-state index in [1.54, 1.807) is 4.52 Å². The number of nitrogen functional groups attached to an aromatic ring is 1. The SMILES string of the molecule is Cc1cc(N(C)c2cccc(C(=N)N)c2)n2ncnc2n1. The molecule has 0 aliphatic rings. The van der Waals surface area contributed by atoms with E-state index < -0.39 is 0 Å². The van der Waals surface area contributed by atoms with Crippen LogP contribution in [0.3, 0.4) is 0 Å². The first kappa shape index (κ1) is 13.0. The van der Waals surface area contributed by atoms with Crippen LogP contribution in [-0.4, -0.2) is 32.5 Å². The normalized spacial score (nSPS) is 10.8. The largest absolute Gasteiger partial charge is 0.384 e. The molecule has 0 radical (unpaired) electrons. The van der Waals surface area contributed by atoms with Crippen LogP contribution in [0.15, 0.2) is 36.7 Å². The lowest BCUT2D eigenvalue weighted by Crippen LogP contribution is -2.17. The molecule has 106 valence electrons. The predicted molar refractivity (Wildman–Crippen MR) is 81.0 cm³/mol. The van der Waals surface area contributed by atoms with E-state index in [1.165, 1.54) is 6.33 Å². The van der Waals surface area contributed by atoms with Crippen molar-refractivity contribution in [1.82, 2.24) is 19.6 Å². The molecule has 0 atom stereocenters. The van der Waals surface area contributed by atoms with Gasteiger partial charge in [-0.3, -0.25) is 5.41 Å². The highest BCUT2D eigenvalue weighted by molar-refractivity contribution is 5.96. The molecule has 0 spiro atoms. The molecule has 0 bridgehead atoms. The third-order valence-electron chi connectivity index (χ3n) is 3.25. The van der Waals surface area contributed by atoms with Crippen LogP contribution >= 0.6 is 0 Å². The monoisotopic (exact) mass is 281 g/mol. The van der Waals surface area contributed by atoms with Crippen molar-refractivity contribution in [3.63, 3.8) is 0 Å². The number of rotatable bonds is 3.